The van der Waals surface area contributed by atoms with Crippen molar-refractivity contribution in [3.63, 3.8) is 0 Å². The third-order valence-corrected chi connectivity index (χ3v) is 2.55. The Hall–Kier alpha value is -2.51. The highest BCUT2D eigenvalue weighted by molar-refractivity contribution is 5.90. The molecule has 8 heteroatoms. The van der Waals surface area contributed by atoms with Crippen LogP contribution in [0.3, 0.4) is 0 Å². The minimum atomic E-state index is -4.74. The first-order chi connectivity index (χ1) is 9.27. The molecule has 1 heterocycles. The molecule has 0 amide bonds. The molecule has 0 unspecified atom stereocenters. The summed E-state index contributed by atoms with van der Waals surface area (Å²) in [5, 5.41) is 15.4. The van der Waals surface area contributed by atoms with Crippen LogP contribution in [0, 0.1) is 0 Å². The second kappa shape index (κ2) is 4.87. The van der Waals surface area contributed by atoms with E-state index >= 15 is 0 Å². The maximum atomic E-state index is 12.8. The molecular formula is C12H10F3N3O2. The Labute approximate surface area is 111 Å². The summed E-state index contributed by atoms with van der Waals surface area (Å²) in [5.41, 5.74) is -1.34. The Kier molecular flexibility index (Phi) is 3.39. The number of aromatic carboxylic acids is 1. The number of nitrogens with one attached hydrogen (secondary N) is 1. The van der Waals surface area contributed by atoms with E-state index in [4.69, 9.17) is 5.11 Å². The number of halogens is 3. The minimum Gasteiger partial charge on any atom is -0.478 e. The van der Waals surface area contributed by atoms with Gasteiger partial charge in [0.1, 0.15) is 0 Å². The first-order valence-electron chi connectivity index (χ1n) is 5.47. The number of rotatable bonds is 3. The van der Waals surface area contributed by atoms with Gasteiger partial charge in [-0.15, -0.1) is 0 Å². The van der Waals surface area contributed by atoms with Crippen molar-refractivity contribution in [3.8, 4) is 0 Å². The summed E-state index contributed by atoms with van der Waals surface area (Å²) in [6, 6.07) is 2.95. The van der Waals surface area contributed by atoms with Gasteiger partial charge < -0.3 is 10.4 Å². The molecule has 0 fully saturated rings. The number of hydrogen-bond acceptors (Lipinski definition) is 3. The van der Waals surface area contributed by atoms with Crippen molar-refractivity contribution in [2.24, 2.45) is 7.05 Å². The highest BCUT2D eigenvalue weighted by Crippen LogP contribution is 2.34. The molecule has 2 N–H and O–H groups in total. The molecule has 1 aromatic heterocycles. The van der Waals surface area contributed by atoms with Crippen LogP contribution >= 0.6 is 0 Å². The molecule has 2 rings (SSSR count). The van der Waals surface area contributed by atoms with Gasteiger partial charge in [-0.05, 0) is 18.2 Å². The quantitative estimate of drug-likeness (QED) is 0.910. The smallest absolute Gasteiger partial charge is 0.417 e. The van der Waals surface area contributed by atoms with E-state index in [0.717, 1.165) is 12.1 Å². The summed E-state index contributed by atoms with van der Waals surface area (Å²) in [5.74, 6) is -1.62. The van der Waals surface area contributed by atoms with E-state index in [1.807, 2.05) is 0 Å². The van der Waals surface area contributed by atoms with E-state index in [2.05, 4.69) is 10.4 Å². The maximum Gasteiger partial charge on any atom is 0.417 e. The zero-order chi connectivity index (χ0) is 14.9. The van der Waals surface area contributed by atoms with Crippen LogP contribution in [0.4, 0.5) is 24.5 Å². The van der Waals surface area contributed by atoms with Crippen molar-refractivity contribution < 1.29 is 23.1 Å². The zero-order valence-electron chi connectivity index (χ0n) is 10.3. The number of benzene rings is 1. The van der Waals surface area contributed by atoms with Gasteiger partial charge in [-0.2, -0.15) is 18.3 Å². The second-order valence-electron chi connectivity index (χ2n) is 4.09. The van der Waals surface area contributed by atoms with E-state index in [-0.39, 0.29) is 5.69 Å². The van der Waals surface area contributed by atoms with Crippen LogP contribution < -0.4 is 5.32 Å². The number of carbonyl (C=O) groups is 1. The molecule has 0 aliphatic carbocycles. The summed E-state index contributed by atoms with van der Waals surface area (Å²) >= 11 is 0. The lowest BCUT2D eigenvalue weighted by Gasteiger charge is -2.12. The highest BCUT2D eigenvalue weighted by atomic mass is 19.4. The third-order valence-electron chi connectivity index (χ3n) is 2.55. The maximum absolute atomic E-state index is 12.8. The fourth-order valence-corrected chi connectivity index (χ4v) is 1.70. The molecule has 0 radical (unpaired) electrons. The highest BCUT2D eigenvalue weighted by Gasteiger charge is 2.35. The molecule has 0 aliphatic rings. The minimum absolute atomic E-state index is 0.135. The van der Waals surface area contributed by atoms with Gasteiger partial charge >= 0.3 is 12.1 Å². The number of carboxylic acids is 1. The first kappa shape index (κ1) is 13.9. The molecule has 0 saturated heterocycles. The molecule has 5 nitrogen and oxygen atoms in total. The molecule has 0 spiro atoms. The van der Waals surface area contributed by atoms with E-state index < -0.39 is 23.3 Å². The Morgan fingerprint density at radius 3 is 2.55 bits per heavy atom. The van der Waals surface area contributed by atoms with Crippen molar-refractivity contribution in [1.82, 2.24) is 9.78 Å². The van der Waals surface area contributed by atoms with Crippen LogP contribution in [0.5, 0.6) is 0 Å². The largest absolute Gasteiger partial charge is 0.478 e. The Morgan fingerprint density at radius 1 is 1.35 bits per heavy atom. The average molecular weight is 285 g/mol. The summed E-state index contributed by atoms with van der Waals surface area (Å²) in [6.45, 7) is 0. The lowest BCUT2D eigenvalue weighted by molar-refractivity contribution is -0.138. The standard InChI is InChI=1S/C12H10F3N3O2/c1-18-6-8(5-16-18)17-7-2-3-9(11(19)20)10(4-7)12(13,14)15/h2-6,17H,1H3,(H,19,20). The predicted octanol–water partition coefficient (Wildman–Crippen LogP) is 2.88. The van der Waals surface area contributed by atoms with Gasteiger partial charge in [0.15, 0.2) is 0 Å². The molecule has 2 aromatic rings. The number of hydrogen-bond donors (Lipinski definition) is 2. The first-order valence-corrected chi connectivity index (χ1v) is 5.47. The van der Waals surface area contributed by atoms with Crippen LogP contribution in [0.1, 0.15) is 15.9 Å². The van der Waals surface area contributed by atoms with Crippen LogP contribution in [-0.2, 0) is 13.2 Å². The zero-order valence-corrected chi connectivity index (χ0v) is 10.3. The van der Waals surface area contributed by atoms with E-state index in [9.17, 15) is 18.0 Å². The van der Waals surface area contributed by atoms with Crippen LogP contribution in [-0.4, -0.2) is 20.9 Å². The summed E-state index contributed by atoms with van der Waals surface area (Å²) in [7, 11) is 1.67. The normalized spacial score (nSPS) is 11.4. The van der Waals surface area contributed by atoms with Gasteiger partial charge in [-0.3, -0.25) is 4.68 Å². The number of anilines is 2. The summed E-state index contributed by atoms with van der Waals surface area (Å²) in [4.78, 5) is 10.8. The number of alkyl halides is 3. The van der Waals surface area contributed by atoms with Gasteiger partial charge in [-0.25, -0.2) is 4.79 Å². The molecule has 0 bridgehead atoms. The fourth-order valence-electron chi connectivity index (χ4n) is 1.70. The summed E-state index contributed by atoms with van der Waals surface area (Å²) < 4.78 is 40.0. The summed E-state index contributed by atoms with van der Waals surface area (Å²) in [6.07, 6.45) is -1.71. The van der Waals surface area contributed by atoms with E-state index in [0.29, 0.717) is 5.69 Å². The van der Waals surface area contributed by atoms with Crippen molar-refractivity contribution in [3.05, 3.63) is 41.7 Å². The topological polar surface area (TPSA) is 67.2 Å². The molecule has 0 aliphatic heterocycles. The number of nitrogens with zero attached hydrogens (tertiary/aromatic N) is 2. The molecule has 0 atom stereocenters. The fraction of sp³-hybridized carbons (Fsp3) is 0.167. The Bertz CT molecular complexity index is 650. The van der Waals surface area contributed by atoms with Crippen LogP contribution in [0.15, 0.2) is 30.6 Å². The van der Waals surface area contributed by atoms with E-state index in [1.165, 1.54) is 16.9 Å². The molecular weight excluding hydrogens is 275 g/mol. The van der Waals surface area contributed by atoms with Crippen LogP contribution in [0.2, 0.25) is 0 Å². The van der Waals surface area contributed by atoms with Gasteiger partial charge in [0.2, 0.25) is 0 Å². The average Bonchev–Trinajstić information content (AvgIpc) is 2.73. The molecule has 106 valence electrons. The number of carboxylic acid groups (broad SMARTS) is 1. The van der Waals surface area contributed by atoms with Gasteiger partial charge in [0, 0.05) is 18.9 Å². The second-order valence-corrected chi connectivity index (χ2v) is 4.09. The van der Waals surface area contributed by atoms with Crippen molar-refractivity contribution >= 4 is 17.3 Å². The lowest BCUT2D eigenvalue weighted by atomic mass is 10.1. The van der Waals surface area contributed by atoms with Gasteiger partial charge in [0.25, 0.3) is 0 Å². The monoisotopic (exact) mass is 285 g/mol. The SMILES string of the molecule is Cn1cc(Nc2ccc(C(=O)O)c(C(F)(F)F)c2)cn1. The van der Waals surface area contributed by atoms with Crippen molar-refractivity contribution in [2.45, 2.75) is 6.18 Å². The van der Waals surface area contributed by atoms with Gasteiger partial charge in [-0.1, -0.05) is 0 Å². The molecule has 1 aromatic carbocycles. The lowest BCUT2D eigenvalue weighted by Crippen LogP contribution is -2.13. The molecule has 0 saturated carbocycles. The van der Waals surface area contributed by atoms with Crippen molar-refractivity contribution in [1.29, 1.82) is 0 Å². The number of aryl methyl sites for hydroxylation is 1. The van der Waals surface area contributed by atoms with Crippen molar-refractivity contribution in [2.75, 3.05) is 5.32 Å². The predicted molar refractivity (Wildman–Crippen MR) is 64.9 cm³/mol. The Morgan fingerprint density at radius 2 is 2.05 bits per heavy atom. The van der Waals surface area contributed by atoms with Gasteiger partial charge in [0.05, 0.1) is 23.0 Å². The number of aromatic nitrogens is 2. The van der Waals surface area contributed by atoms with Crippen LogP contribution in [0.25, 0.3) is 0 Å². The molecule has 20 heavy (non-hydrogen) atoms. The Balaban J connectivity index is 2.39. The van der Waals surface area contributed by atoms with E-state index in [1.54, 1.807) is 13.2 Å². The third kappa shape index (κ3) is 2.90.